The first-order valence-electron chi connectivity index (χ1n) is 12.7. The maximum Gasteiger partial charge on any atom is -0.0269 e. The minimum absolute atomic E-state index is 0.798. The highest BCUT2D eigenvalue weighted by Crippen LogP contribution is 2.63. The number of fused-ring (bicyclic) bond motifs is 3. The van der Waals surface area contributed by atoms with E-state index in [4.69, 9.17) is 0 Å². The third-order valence-electron chi connectivity index (χ3n) is 10.3. The molecule has 0 N–H and O–H groups in total. The zero-order valence-electron chi connectivity index (χ0n) is 18.0. The summed E-state index contributed by atoms with van der Waals surface area (Å²) in [5, 5.41) is 0. The molecule has 0 amide bonds. The molecule has 0 heteroatoms. The zero-order valence-corrected chi connectivity index (χ0v) is 18.0. The second-order valence-electron chi connectivity index (χ2n) is 11.3. The lowest BCUT2D eigenvalue weighted by Gasteiger charge is -2.58. The Hall–Kier alpha value is 0. The zero-order chi connectivity index (χ0) is 18.0. The fraction of sp³-hybridized carbons (Fsp3) is 1.00. The molecule has 0 aromatic heterocycles. The molecule has 0 aliphatic heterocycles. The number of hydrogen-bond donors (Lipinski definition) is 0. The monoisotopic (exact) mass is 358 g/mol. The smallest absolute Gasteiger partial charge is 0.0269 e. The van der Waals surface area contributed by atoms with Gasteiger partial charge in [-0.25, -0.2) is 0 Å². The van der Waals surface area contributed by atoms with Crippen molar-refractivity contribution in [2.24, 2.45) is 34.5 Å². The highest BCUT2D eigenvalue weighted by Gasteiger charge is 2.51. The molecule has 0 aromatic rings. The number of unbranched alkanes of at least 4 members (excludes halogenated alkanes) is 1. The summed E-state index contributed by atoms with van der Waals surface area (Å²) in [6.45, 7) is 4.78. The van der Waals surface area contributed by atoms with Crippen molar-refractivity contribution in [1.82, 2.24) is 0 Å². The van der Waals surface area contributed by atoms with E-state index in [9.17, 15) is 0 Å². The van der Waals surface area contributed by atoms with Crippen LogP contribution in [-0.2, 0) is 0 Å². The van der Waals surface area contributed by atoms with Gasteiger partial charge in [0.2, 0.25) is 0 Å². The van der Waals surface area contributed by atoms with Crippen LogP contribution in [0.3, 0.4) is 0 Å². The summed E-state index contributed by atoms with van der Waals surface area (Å²) in [4.78, 5) is 0. The Balaban J connectivity index is 1.27. The van der Waals surface area contributed by atoms with E-state index in [1.807, 2.05) is 0 Å². The molecule has 5 saturated carbocycles. The molecule has 5 fully saturated rings. The molecule has 5 rings (SSSR count). The van der Waals surface area contributed by atoms with Crippen LogP contribution in [0.2, 0.25) is 0 Å². The summed E-state index contributed by atoms with van der Waals surface area (Å²) < 4.78 is 0. The van der Waals surface area contributed by atoms with E-state index in [-0.39, 0.29) is 0 Å². The fourth-order valence-corrected chi connectivity index (χ4v) is 8.10. The molecule has 0 nitrogen and oxygen atoms in total. The van der Waals surface area contributed by atoms with E-state index in [2.05, 4.69) is 13.8 Å². The van der Waals surface area contributed by atoms with Gasteiger partial charge in [0.05, 0.1) is 0 Å². The van der Waals surface area contributed by atoms with Gasteiger partial charge in [-0.1, -0.05) is 46.0 Å². The molecule has 0 aromatic carbocycles. The molecule has 0 heterocycles. The summed E-state index contributed by atoms with van der Waals surface area (Å²) in [6.07, 6.45) is 28.1. The Labute approximate surface area is 164 Å². The molecular weight excluding hydrogens is 312 g/mol. The van der Waals surface area contributed by atoms with Gasteiger partial charge >= 0.3 is 0 Å². The van der Waals surface area contributed by atoms with Gasteiger partial charge < -0.3 is 0 Å². The third kappa shape index (κ3) is 3.77. The van der Waals surface area contributed by atoms with Crippen LogP contribution in [0.4, 0.5) is 0 Å². The third-order valence-corrected chi connectivity index (χ3v) is 10.3. The Bertz CT molecular complexity index is 408. The minimum atomic E-state index is 0.798. The average molecular weight is 359 g/mol. The number of hydrogen-bond acceptors (Lipinski definition) is 0. The Morgan fingerprint density at radius 3 is 1.69 bits per heavy atom. The topological polar surface area (TPSA) is 0 Å². The maximum absolute atomic E-state index is 2.40. The standard InChI is InChI=1S/C26H46/c1-3-5-14-25-15-18-26(19-16-25,20-17-25)24-12-10-23(11-13-24)22-8-6-21(4-2)7-9-22/h21-24H,3-20H2,1-2H3/t21-,22-,23?,24?,25?,26?. The SMILES string of the molecule is CCCCC12CCC(C3CCC([C@H]4CC[C@H](CC)CC4)CC3)(CC1)CC2. The Morgan fingerprint density at radius 1 is 0.654 bits per heavy atom. The fourth-order valence-electron chi connectivity index (χ4n) is 8.10. The summed E-state index contributed by atoms with van der Waals surface area (Å²) in [7, 11) is 0. The lowest BCUT2D eigenvalue weighted by molar-refractivity contribution is -0.0678. The molecule has 0 radical (unpaired) electrons. The lowest BCUT2D eigenvalue weighted by atomic mass is 9.47. The van der Waals surface area contributed by atoms with Gasteiger partial charge in [0.15, 0.2) is 0 Å². The van der Waals surface area contributed by atoms with Crippen LogP contribution >= 0.6 is 0 Å². The summed E-state index contributed by atoms with van der Waals surface area (Å²) in [6, 6.07) is 0. The van der Waals surface area contributed by atoms with Gasteiger partial charge in [0, 0.05) is 0 Å². The molecule has 0 saturated heterocycles. The predicted octanol–water partition coefficient (Wildman–Crippen LogP) is 8.54. The first-order chi connectivity index (χ1) is 12.7. The highest BCUT2D eigenvalue weighted by molar-refractivity contribution is 5.02. The van der Waals surface area contributed by atoms with Crippen LogP contribution in [0.1, 0.15) is 129 Å². The van der Waals surface area contributed by atoms with Crippen molar-refractivity contribution in [1.29, 1.82) is 0 Å². The van der Waals surface area contributed by atoms with Crippen molar-refractivity contribution in [2.75, 3.05) is 0 Å². The Morgan fingerprint density at radius 2 is 1.19 bits per heavy atom. The van der Waals surface area contributed by atoms with Gasteiger partial charge in [-0.3, -0.25) is 0 Å². The molecule has 2 bridgehead atoms. The summed E-state index contributed by atoms with van der Waals surface area (Å²) >= 11 is 0. The quantitative estimate of drug-likeness (QED) is 0.446. The predicted molar refractivity (Wildman–Crippen MR) is 113 cm³/mol. The van der Waals surface area contributed by atoms with E-state index >= 15 is 0 Å². The van der Waals surface area contributed by atoms with Crippen molar-refractivity contribution in [2.45, 2.75) is 129 Å². The van der Waals surface area contributed by atoms with Crippen LogP contribution in [0.25, 0.3) is 0 Å². The average Bonchev–Trinajstić information content (AvgIpc) is 2.74. The van der Waals surface area contributed by atoms with Crippen LogP contribution in [0.15, 0.2) is 0 Å². The van der Waals surface area contributed by atoms with E-state index < -0.39 is 0 Å². The minimum Gasteiger partial charge on any atom is -0.0654 e. The van der Waals surface area contributed by atoms with Crippen molar-refractivity contribution in [3.05, 3.63) is 0 Å². The molecule has 150 valence electrons. The molecule has 0 spiro atoms. The first-order valence-corrected chi connectivity index (χ1v) is 12.7. The molecule has 0 unspecified atom stereocenters. The van der Waals surface area contributed by atoms with E-state index in [0.717, 1.165) is 34.5 Å². The number of rotatable bonds is 6. The van der Waals surface area contributed by atoms with Crippen molar-refractivity contribution in [3.8, 4) is 0 Å². The van der Waals surface area contributed by atoms with E-state index in [0.29, 0.717) is 0 Å². The summed E-state index contributed by atoms with van der Waals surface area (Å²) in [5.41, 5.74) is 1.60. The molecular formula is C26H46. The molecule has 0 atom stereocenters. The van der Waals surface area contributed by atoms with Gasteiger partial charge in [-0.2, -0.15) is 0 Å². The van der Waals surface area contributed by atoms with Crippen molar-refractivity contribution < 1.29 is 0 Å². The van der Waals surface area contributed by atoms with Crippen LogP contribution in [0.5, 0.6) is 0 Å². The largest absolute Gasteiger partial charge is 0.0654 e. The van der Waals surface area contributed by atoms with E-state index in [1.54, 1.807) is 96.3 Å². The van der Waals surface area contributed by atoms with E-state index in [1.165, 1.54) is 19.3 Å². The van der Waals surface area contributed by atoms with Gasteiger partial charge in [0.25, 0.3) is 0 Å². The first kappa shape index (κ1) is 19.3. The molecule has 5 aliphatic rings. The van der Waals surface area contributed by atoms with Crippen LogP contribution in [-0.4, -0.2) is 0 Å². The van der Waals surface area contributed by atoms with Crippen molar-refractivity contribution in [3.63, 3.8) is 0 Å². The van der Waals surface area contributed by atoms with Gasteiger partial charge in [0.1, 0.15) is 0 Å². The second kappa shape index (κ2) is 8.16. The van der Waals surface area contributed by atoms with Crippen molar-refractivity contribution >= 4 is 0 Å². The molecule has 26 heavy (non-hydrogen) atoms. The normalized spacial score (nSPS) is 46.4. The van der Waals surface area contributed by atoms with Gasteiger partial charge in [-0.05, 0) is 118 Å². The summed E-state index contributed by atoms with van der Waals surface area (Å²) in [5.74, 6) is 4.39. The van der Waals surface area contributed by atoms with Crippen LogP contribution in [0, 0.1) is 34.5 Å². The highest BCUT2D eigenvalue weighted by atomic mass is 14.6. The Kier molecular flexibility index (Phi) is 6.07. The maximum atomic E-state index is 2.40. The van der Waals surface area contributed by atoms with Gasteiger partial charge in [-0.15, -0.1) is 0 Å². The van der Waals surface area contributed by atoms with Crippen LogP contribution < -0.4 is 0 Å². The molecule has 5 aliphatic carbocycles. The second-order valence-corrected chi connectivity index (χ2v) is 11.3. The lowest BCUT2D eigenvalue weighted by Crippen LogP contribution is -2.46.